The zero-order chi connectivity index (χ0) is 17.6. The highest BCUT2D eigenvalue weighted by Crippen LogP contribution is 2.27. The van der Waals surface area contributed by atoms with Gasteiger partial charge in [0, 0.05) is 23.3 Å². The van der Waals surface area contributed by atoms with E-state index in [0.29, 0.717) is 22.2 Å². The molecule has 1 aromatic heterocycles. The molecular weight excluding hydrogens is 338 g/mol. The van der Waals surface area contributed by atoms with Crippen molar-refractivity contribution < 1.29 is 9.53 Å². The van der Waals surface area contributed by atoms with Crippen molar-refractivity contribution in [1.29, 1.82) is 0 Å². The van der Waals surface area contributed by atoms with Gasteiger partial charge in [-0.1, -0.05) is 29.8 Å². The summed E-state index contributed by atoms with van der Waals surface area (Å²) in [6.07, 6.45) is 1.58. The number of anilines is 3. The van der Waals surface area contributed by atoms with Gasteiger partial charge in [-0.3, -0.25) is 9.78 Å². The Morgan fingerprint density at radius 2 is 1.80 bits per heavy atom. The van der Waals surface area contributed by atoms with Gasteiger partial charge in [0.1, 0.15) is 11.4 Å². The predicted octanol–water partition coefficient (Wildman–Crippen LogP) is 4.74. The Labute approximate surface area is 150 Å². The first-order valence-corrected chi connectivity index (χ1v) is 7.96. The van der Waals surface area contributed by atoms with Crippen molar-refractivity contribution in [3.05, 3.63) is 77.6 Å². The first kappa shape index (κ1) is 16.8. The summed E-state index contributed by atoms with van der Waals surface area (Å²) in [4.78, 5) is 16.5. The number of aromatic nitrogens is 1. The molecule has 0 aliphatic rings. The lowest BCUT2D eigenvalue weighted by atomic mass is 10.2. The third-order valence-electron chi connectivity index (χ3n) is 3.46. The molecular formula is C19H16ClN3O2. The molecule has 0 radical (unpaired) electrons. The lowest BCUT2D eigenvalue weighted by Crippen LogP contribution is -2.13. The molecule has 6 heteroatoms. The third kappa shape index (κ3) is 4.28. The Morgan fingerprint density at radius 1 is 1.00 bits per heavy atom. The number of para-hydroxylation sites is 1. The molecule has 25 heavy (non-hydrogen) atoms. The third-order valence-corrected chi connectivity index (χ3v) is 3.76. The first-order chi connectivity index (χ1) is 12.2. The number of ether oxygens (including phenoxy) is 1. The molecule has 1 amide bonds. The second kappa shape index (κ2) is 7.68. The van der Waals surface area contributed by atoms with Crippen LogP contribution in [-0.2, 0) is 0 Å². The van der Waals surface area contributed by atoms with Crippen LogP contribution in [0.5, 0.6) is 5.75 Å². The lowest BCUT2D eigenvalue weighted by molar-refractivity contribution is 0.102. The fourth-order valence-corrected chi connectivity index (χ4v) is 2.52. The Kier molecular flexibility index (Phi) is 5.16. The number of nitrogens with zero attached hydrogens (tertiary/aromatic N) is 1. The molecule has 2 aromatic carbocycles. The van der Waals surface area contributed by atoms with Crippen LogP contribution in [0.2, 0.25) is 5.02 Å². The molecule has 3 aromatic rings. The summed E-state index contributed by atoms with van der Waals surface area (Å²) in [6, 6.07) is 18.2. The van der Waals surface area contributed by atoms with E-state index in [2.05, 4.69) is 15.6 Å². The number of hydrogen-bond acceptors (Lipinski definition) is 4. The van der Waals surface area contributed by atoms with Gasteiger partial charge in [0.25, 0.3) is 5.91 Å². The largest absolute Gasteiger partial charge is 0.495 e. The molecule has 0 unspecified atom stereocenters. The molecule has 2 N–H and O–H groups in total. The van der Waals surface area contributed by atoms with Crippen LogP contribution in [0.3, 0.4) is 0 Å². The molecule has 1 heterocycles. The molecule has 3 rings (SSSR count). The summed E-state index contributed by atoms with van der Waals surface area (Å²) < 4.78 is 5.10. The summed E-state index contributed by atoms with van der Waals surface area (Å²) in [5, 5.41) is 6.43. The summed E-state index contributed by atoms with van der Waals surface area (Å²) in [5.74, 6) is 0.227. The highest BCUT2D eigenvalue weighted by atomic mass is 35.5. The minimum Gasteiger partial charge on any atom is -0.495 e. The van der Waals surface area contributed by atoms with Gasteiger partial charge in [-0.25, -0.2) is 0 Å². The zero-order valence-corrected chi connectivity index (χ0v) is 14.2. The second-order valence-corrected chi connectivity index (χ2v) is 5.63. The van der Waals surface area contributed by atoms with E-state index >= 15 is 0 Å². The predicted molar refractivity (Wildman–Crippen MR) is 99.9 cm³/mol. The molecule has 0 saturated carbocycles. The Balaban J connectivity index is 1.74. The number of benzene rings is 2. The van der Waals surface area contributed by atoms with Gasteiger partial charge in [0.2, 0.25) is 0 Å². The topological polar surface area (TPSA) is 63.2 Å². The number of methoxy groups -OCH3 is 1. The maximum absolute atomic E-state index is 12.4. The van der Waals surface area contributed by atoms with Gasteiger partial charge in [-0.2, -0.15) is 0 Å². The number of halogens is 1. The number of carbonyl (C=O) groups is 1. The van der Waals surface area contributed by atoms with Crippen molar-refractivity contribution in [2.75, 3.05) is 17.7 Å². The number of rotatable bonds is 5. The molecule has 0 aliphatic heterocycles. The number of amides is 1. The van der Waals surface area contributed by atoms with Crippen LogP contribution in [0, 0.1) is 0 Å². The van der Waals surface area contributed by atoms with Gasteiger partial charge in [-0.05, 0) is 42.5 Å². The van der Waals surface area contributed by atoms with Crippen molar-refractivity contribution in [1.82, 2.24) is 4.98 Å². The number of nitrogens with one attached hydrogen (secondary N) is 2. The van der Waals surface area contributed by atoms with Crippen molar-refractivity contribution >= 4 is 34.6 Å². The summed E-state index contributed by atoms with van der Waals surface area (Å²) >= 11 is 6.07. The highest BCUT2D eigenvalue weighted by molar-refractivity contribution is 6.32. The molecule has 0 atom stereocenters. The summed E-state index contributed by atoms with van der Waals surface area (Å²) in [5.41, 5.74) is 2.58. The van der Waals surface area contributed by atoms with Crippen LogP contribution < -0.4 is 15.4 Å². The van der Waals surface area contributed by atoms with Crippen LogP contribution >= 0.6 is 11.6 Å². The second-order valence-electron chi connectivity index (χ2n) is 5.22. The van der Waals surface area contributed by atoms with Crippen LogP contribution in [0.15, 0.2) is 66.9 Å². The average molecular weight is 354 g/mol. The van der Waals surface area contributed by atoms with E-state index in [9.17, 15) is 4.79 Å². The van der Waals surface area contributed by atoms with Crippen LogP contribution in [-0.4, -0.2) is 18.0 Å². The monoisotopic (exact) mass is 353 g/mol. The van der Waals surface area contributed by atoms with Gasteiger partial charge in [0.15, 0.2) is 0 Å². The van der Waals surface area contributed by atoms with Gasteiger partial charge in [-0.15, -0.1) is 0 Å². The highest BCUT2D eigenvalue weighted by Gasteiger charge is 2.10. The van der Waals surface area contributed by atoms with E-state index in [4.69, 9.17) is 16.3 Å². The van der Waals surface area contributed by atoms with Crippen molar-refractivity contribution in [2.45, 2.75) is 0 Å². The Hall–Kier alpha value is -3.05. The van der Waals surface area contributed by atoms with Gasteiger partial charge < -0.3 is 15.4 Å². The van der Waals surface area contributed by atoms with E-state index in [1.165, 1.54) is 7.11 Å². The van der Waals surface area contributed by atoms with E-state index in [0.717, 1.165) is 11.4 Å². The van der Waals surface area contributed by atoms with Crippen LogP contribution in [0.25, 0.3) is 0 Å². The molecule has 0 saturated heterocycles. The standard InChI is InChI=1S/C19H16ClN3O2/c1-25-18-8-7-14(11-16(18)20)23-19(24)17-12-15(9-10-21-17)22-13-5-3-2-4-6-13/h2-12H,1H3,(H,21,22)(H,23,24). The minimum atomic E-state index is -0.321. The zero-order valence-electron chi connectivity index (χ0n) is 13.5. The lowest BCUT2D eigenvalue weighted by Gasteiger charge is -2.09. The molecule has 5 nitrogen and oxygen atoms in total. The SMILES string of the molecule is COc1ccc(NC(=O)c2cc(Nc3ccccc3)ccn2)cc1Cl. The van der Waals surface area contributed by atoms with Crippen LogP contribution in [0.1, 0.15) is 10.5 Å². The van der Waals surface area contributed by atoms with Crippen LogP contribution in [0.4, 0.5) is 17.1 Å². The first-order valence-electron chi connectivity index (χ1n) is 7.59. The van der Waals surface area contributed by atoms with E-state index in [-0.39, 0.29) is 5.91 Å². The normalized spacial score (nSPS) is 10.2. The van der Waals surface area contributed by atoms with E-state index < -0.39 is 0 Å². The molecule has 126 valence electrons. The quantitative estimate of drug-likeness (QED) is 0.695. The Bertz CT molecular complexity index is 885. The molecule has 0 spiro atoms. The van der Waals surface area contributed by atoms with Crippen molar-refractivity contribution in [2.24, 2.45) is 0 Å². The number of carbonyl (C=O) groups excluding carboxylic acids is 1. The summed E-state index contributed by atoms with van der Waals surface area (Å²) in [6.45, 7) is 0. The molecule has 0 fully saturated rings. The maximum atomic E-state index is 12.4. The maximum Gasteiger partial charge on any atom is 0.274 e. The fraction of sp³-hybridized carbons (Fsp3) is 0.0526. The van der Waals surface area contributed by atoms with E-state index in [1.54, 1.807) is 36.5 Å². The minimum absolute atomic E-state index is 0.299. The Morgan fingerprint density at radius 3 is 2.52 bits per heavy atom. The van der Waals surface area contributed by atoms with E-state index in [1.807, 2.05) is 30.3 Å². The average Bonchev–Trinajstić information content (AvgIpc) is 2.63. The smallest absolute Gasteiger partial charge is 0.274 e. The van der Waals surface area contributed by atoms with Gasteiger partial charge in [0.05, 0.1) is 12.1 Å². The van der Waals surface area contributed by atoms with Gasteiger partial charge >= 0.3 is 0 Å². The summed E-state index contributed by atoms with van der Waals surface area (Å²) in [7, 11) is 1.54. The number of pyridine rings is 1. The van der Waals surface area contributed by atoms with Crippen molar-refractivity contribution in [3.63, 3.8) is 0 Å². The molecule has 0 bridgehead atoms. The molecule has 0 aliphatic carbocycles. The number of hydrogen-bond donors (Lipinski definition) is 2. The fourth-order valence-electron chi connectivity index (χ4n) is 2.26. The van der Waals surface area contributed by atoms with Crippen molar-refractivity contribution in [3.8, 4) is 5.75 Å².